The molecule has 140 valence electrons. The van der Waals surface area contributed by atoms with Crippen molar-refractivity contribution < 1.29 is 14.4 Å². The molecule has 3 N–H and O–H groups in total. The Morgan fingerprint density at radius 1 is 0.889 bits per heavy atom. The molecule has 0 aliphatic heterocycles. The van der Waals surface area contributed by atoms with Crippen molar-refractivity contribution in [1.82, 2.24) is 10.9 Å². The van der Waals surface area contributed by atoms with Crippen molar-refractivity contribution in [3.63, 3.8) is 0 Å². The summed E-state index contributed by atoms with van der Waals surface area (Å²) in [5.74, 6) is -0.818. The zero-order chi connectivity index (χ0) is 19.4. The van der Waals surface area contributed by atoms with Crippen molar-refractivity contribution in [1.29, 1.82) is 0 Å². The number of benzene rings is 2. The molecule has 2 aromatic carbocycles. The van der Waals surface area contributed by atoms with E-state index in [0.29, 0.717) is 16.8 Å². The lowest BCUT2D eigenvalue weighted by atomic mass is 10.2. The predicted molar refractivity (Wildman–Crippen MR) is 103 cm³/mol. The number of hydrazine groups is 1. The SMILES string of the molecule is CN(C)c1cccc(C(=O)NNC(=O)c2cccc(NC(=O)C3CC3)c2)c1. The molecule has 2 aromatic rings. The van der Waals surface area contributed by atoms with Crippen molar-refractivity contribution in [3.8, 4) is 0 Å². The average Bonchev–Trinajstić information content (AvgIpc) is 3.51. The summed E-state index contributed by atoms with van der Waals surface area (Å²) < 4.78 is 0. The summed E-state index contributed by atoms with van der Waals surface area (Å²) in [6, 6.07) is 13.7. The van der Waals surface area contributed by atoms with E-state index in [-0.39, 0.29) is 11.8 Å². The molecule has 0 radical (unpaired) electrons. The summed E-state index contributed by atoms with van der Waals surface area (Å²) in [4.78, 5) is 38.3. The standard InChI is InChI=1S/C20H22N4O3/c1-24(2)17-8-4-6-15(12-17)20(27)23-22-19(26)14-5-3-7-16(11-14)21-18(25)13-9-10-13/h3-8,11-13H,9-10H2,1-2H3,(H,21,25)(H,22,26)(H,23,27). The van der Waals surface area contributed by atoms with Crippen LogP contribution in [0.15, 0.2) is 48.5 Å². The summed E-state index contributed by atoms with van der Waals surface area (Å²) in [5.41, 5.74) is 7.02. The number of rotatable bonds is 5. The van der Waals surface area contributed by atoms with Gasteiger partial charge >= 0.3 is 0 Å². The lowest BCUT2D eigenvalue weighted by Gasteiger charge is -2.14. The quantitative estimate of drug-likeness (QED) is 0.708. The van der Waals surface area contributed by atoms with E-state index in [4.69, 9.17) is 0 Å². The molecule has 1 aliphatic rings. The summed E-state index contributed by atoms with van der Waals surface area (Å²) in [6.07, 6.45) is 1.82. The van der Waals surface area contributed by atoms with E-state index in [1.807, 2.05) is 25.1 Å². The molecule has 27 heavy (non-hydrogen) atoms. The van der Waals surface area contributed by atoms with Gasteiger partial charge in [-0.05, 0) is 49.2 Å². The molecule has 0 unspecified atom stereocenters. The first kappa shape index (κ1) is 18.4. The largest absolute Gasteiger partial charge is 0.378 e. The minimum absolute atomic E-state index is 0.0263. The number of carbonyl (C=O) groups excluding carboxylic acids is 3. The highest BCUT2D eigenvalue weighted by Gasteiger charge is 2.29. The van der Waals surface area contributed by atoms with Crippen LogP contribution in [0.5, 0.6) is 0 Å². The molecular formula is C20H22N4O3. The number of hydrogen-bond donors (Lipinski definition) is 3. The van der Waals surface area contributed by atoms with Crippen LogP contribution in [0.4, 0.5) is 11.4 Å². The van der Waals surface area contributed by atoms with Crippen LogP contribution in [-0.4, -0.2) is 31.8 Å². The van der Waals surface area contributed by atoms with Gasteiger partial charge in [0.2, 0.25) is 5.91 Å². The zero-order valence-corrected chi connectivity index (χ0v) is 15.3. The molecule has 0 heterocycles. The number of nitrogens with zero attached hydrogens (tertiary/aromatic N) is 1. The van der Waals surface area contributed by atoms with E-state index in [1.54, 1.807) is 42.5 Å². The van der Waals surface area contributed by atoms with Gasteiger partial charge < -0.3 is 10.2 Å². The first-order chi connectivity index (χ1) is 12.9. The number of hydrogen-bond acceptors (Lipinski definition) is 4. The minimum atomic E-state index is -0.463. The normalized spacial score (nSPS) is 12.8. The Morgan fingerprint density at radius 3 is 2.07 bits per heavy atom. The Balaban J connectivity index is 1.59. The van der Waals surface area contributed by atoms with E-state index >= 15 is 0 Å². The van der Waals surface area contributed by atoms with Gasteiger partial charge in [0, 0.05) is 42.5 Å². The van der Waals surface area contributed by atoms with Gasteiger partial charge in [0.15, 0.2) is 0 Å². The molecule has 0 atom stereocenters. The summed E-state index contributed by atoms with van der Waals surface area (Å²) in [5, 5.41) is 2.80. The number of carbonyl (C=O) groups is 3. The number of anilines is 2. The number of amides is 3. The highest BCUT2D eigenvalue weighted by atomic mass is 16.2. The van der Waals surface area contributed by atoms with Gasteiger partial charge in [-0.25, -0.2) is 0 Å². The van der Waals surface area contributed by atoms with Gasteiger partial charge in [-0.15, -0.1) is 0 Å². The summed E-state index contributed by atoms with van der Waals surface area (Å²) in [6.45, 7) is 0. The van der Waals surface area contributed by atoms with Gasteiger partial charge in [0.05, 0.1) is 0 Å². The van der Waals surface area contributed by atoms with E-state index in [0.717, 1.165) is 18.5 Å². The smallest absolute Gasteiger partial charge is 0.269 e. The van der Waals surface area contributed by atoms with Gasteiger partial charge in [0.25, 0.3) is 11.8 Å². The van der Waals surface area contributed by atoms with Crippen LogP contribution >= 0.6 is 0 Å². The van der Waals surface area contributed by atoms with Crippen LogP contribution in [0.3, 0.4) is 0 Å². The predicted octanol–water partition coefficient (Wildman–Crippen LogP) is 2.18. The lowest BCUT2D eigenvalue weighted by molar-refractivity contribution is -0.117. The highest BCUT2D eigenvalue weighted by Crippen LogP contribution is 2.30. The van der Waals surface area contributed by atoms with Crippen LogP contribution < -0.4 is 21.1 Å². The molecule has 1 saturated carbocycles. The third-order valence-corrected chi connectivity index (χ3v) is 4.25. The molecule has 3 amide bonds. The van der Waals surface area contributed by atoms with Gasteiger partial charge in [0.1, 0.15) is 0 Å². The molecule has 0 bridgehead atoms. The summed E-state index contributed by atoms with van der Waals surface area (Å²) >= 11 is 0. The van der Waals surface area contributed by atoms with Crippen molar-refractivity contribution in [2.75, 3.05) is 24.3 Å². The third-order valence-electron chi connectivity index (χ3n) is 4.25. The first-order valence-electron chi connectivity index (χ1n) is 8.73. The molecule has 7 heteroatoms. The second kappa shape index (κ2) is 7.90. The van der Waals surface area contributed by atoms with E-state index in [2.05, 4.69) is 16.2 Å². The Kier molecular flexibility index (Phi) is 5.40. The Bertz CT molecular complexity index is 875. The Hall–Kier alpha value is -3.35. The molecule has 0 spiro atoms. The van der Waals surface area contributed by atoms with Crippen molar-refractivity contribution in [3.05, 3.63) is 59.7 Å². The van der Waals surface area contributed by atoms with Gasteiger partial charge in [-0.1, -0.05) is 12.1 Å². The maximum Gasteiger partial charge on any atom is 0.269 e. The molecular weight excluding hydrogens is 344 g/mol. The topological polar surface area (TPSA) is 90.5 Å². The molecule has 0 saturated heterocycles. The van der Waals surface area contributed by atoms with Crippen LogP contribution in [0.2, 0.25) is 0 Å². The Morgan fingerprint density at radius 2 is 1.48 bits per heavy atom. The molecule has 0 aromatic heterocycles. The fourth-order valence-electron chi connectivity index (χ4n) is 2.51. The third kappa shape index (κ3) is 4.84. The minimum Gasteiger partial charge on any atom is -0.378 e. The monoisotopic (exact) mass is 366 g/mol. The zero-order valence-electron chi connectivity index (χ0n) is 15.3. The molecule has 7 nitrogen and oxygen atoms in total. The molecule has 1 fully saturated rings. The second-order valence-electron chi connectivity index (χ2n) is 6.70. The Labute approximate surface area is 157 Å². The lowest BCUT2D eigenvalue weighted by Crippen LogP contribution is -2.41. The average molecular weight is 366 g/mol. The number of nitrogens with one attached hydrogen (secondary N) is 3. The fraction of sp³-hybridized carbons (Fsp3) is 0.250. The maximum atomic E-state index is 12.3. The van der Waals surface area contributed by atoms with Crippen LogP contribution in [0.1, 0.15) is 33.6 Å². The fourth-order valence-corrected chi connectivity index (χ4v) is 2.51. The van der Waals surface area contributed by atoms with E-state index in [1.165, 1.54) is 0 Å². The highest BCUT2D eigenvalue weighted by molar-refractivity contribution is 6.01. The van der Waals surface area contributed by atoms with Gasteiger partial charge in [-0.3, -0.25) is 25.2 Å². The molecule has 3 rings (SSSR count). The van der Waals surface area contributed by atoms with Crippen molar-refractivity contribution >= 4 is 29.1 Å². The van der Waals surface area contributed by atoms with Crippen LogP contribution in [0.25, 0.3) is 0 Å². The van der Waals surface area contributed by atoms with Crippen LogP contribution in [-0.2, 0) is 4.79 Å². The maximum absolute atomic E-state index is 12.3. The molecule has 1 aliphatic carbocycles. The van der Waals surface area contributed by atoms with Crippen molar-refractivity contribution in [2.45, 2.75) is 12.8 Å². The van der Waals surface area contributed by atoms with Crippen molar-refractivity contribution in [2.24, 2.45) is 5.92 Å². The van der Waals surface area contributed by atoms with Crippen LogP contribution in [0, 0.1) is 5.92 Å². The van der Waals surface area contributed by atoms with E-state index < -0.39 is 11.8 Å². The van der Waals surface area contributed by atoms with Gasteiger partial charge in [-0.2, -0.15) is 0 Å². The first-order valence-corrected chi connectivity index (χ1v) is 8.73. The van der Waals surface area contributed by atoms with E-state index in [9.17, 15) is 14.4 Å². The summed E-state index contributed by atoms with van der Waals surface area (Å²) in [7, 11) is 3.77. The second-order valence-corrected chi connectivity index (χ2v) is 6.70.